The van der Waals surface area contributed by atoms with Gasteiger partial charge in [-0.05, 0) is 38.1 Å². The number of carbonyl (C=O) groups is 1. The van der Waals surface area contributed by atoms with Crippen molar-refractivity contribution >= 4 is 22.9 Å². The minimum Gasteiger partial charge on any atom is -0.456 e. The third-order valence-corrected chi connectivity index (χ3v) is 3.80. The van der Waals surface area contributed by atoms with E-state index >= 15 is 0 Å². The van der Waals surface area contributed by atoms with Gasteiger partial charge in [-0.15, -0.1) is 11.3 Å². The second kappa shape index (κ2) is 5.54. The van der Waals surface area contributed by atoms with Crippen LogP contribution >= 0.6 is 11.3 Å². The van der Waals surface area contributed by atoms with Crippen LogP contribution < -0.4 is 5.32 Å². The molecule has 4 nitrogen and oxygen atoms in total. The molecule has 0 bridgehead atoms. The van der Waals surface area contributed by atoms with E-state index in [1.54, 1.807) is 30.4 Å². The third kappa shape index (κ3) is 3.03. The van der Waals surface area contributed by atoms with E-state index in [1.807, 2.05) is 36.6 Å². The fourth-order valence-electron chi connectivity index (χ4n) is 1.97. The van der Waals surface area contributed by atoms with E-state index in [4.69, 9.17) is 4.42 Å². The van der Waals surface area contributed by atoms with Gasteiger partial charge in [0.2, 0.25) is 0 Å². The molecule has 5 heteroatoms. The molecule has 0 aliphatic carbocycles. The highest BCUT2D eigenvalue weighted by Gasteiger charge is 2.10. The Bertz CT molecular complexity index is 772. The number of rotatable bonds is 3. The molecule has 2 aromatic heterocycles. The lowest BCUT2D eigenvalue weighted by Gasteiger charge is -2.04. The zero-order chi connectivity index (χ0) is 14.8. The van der Waals surface area contributed by atoms with Crippen molar-refractivity contribution in [3.05, 3.63) is 58.3 Å². The van der Waals surface area contributed by atoms with Crippen LogP contribution in [0.15, 0.2) is 46.2 Å². The Morgan fingerprint density at radius 1 is 1.14 bits per heavy atom. The molecule has 2 heterocycles. The highest BCUT2D eigenvalue weighted by Crippen LogP contribution is 2.23. The first kappa shape index (κ1) is 13.6. The summed E-state index contributed by atoms with van der Waals surface area (Å²) in [6.07, 6.45) is 0. The first-order valence-corrected chi connectivity index (χ1v) is 7.40. The summed E-state index contributed by atoms with van der Waals surface area (Å²) in [7, 11) is 0. The Morgan fingerprint density at radius 2 is 1.90 bits per heavy atom. The average molecular weight is 298 g/mol. The maximum Gasteiger partial charge on any atom is 0.291 e. The number of thiazole rings is 1. The van der Waals surface area contributed by atoms with Gasteiger partial charge >= 0.3 is 0 Å². The van der Waals surface area contributed by atoms with Crippen molar-refractivity contribution in [1.82, 2.24) is 4.98 Å². The SMILES string of the molecule is Cc1ccc(C(=O)Nc2ccc(-c3csc(C)n3)cc2)o1. The summed E-state index contributed by atoms with van der Waals surface area (Å²) in [5.41, 5.74) is 2.72. The molecule has 1 N–H and O–H groups in total. The van der Waals surface area contributed by atoms with Gasteiger partial charge < -0.3 is 9.73 Å². The number of benzene rings is 1. The van der Waals surface area contributed by atoms with E-state index in [0.717, 1.165) is 27.7 Å². The van der Waals surface area contributed by atoms with E-state index in [-0.39, 0.29) is 5.91 Å². The number of hydrogen-bond acceptors (Lipinski definition) is 4. The normalized spacial score (nSPS) is 10.6. The van der Waals surface area contributed by atoms with E-state index in [9.17, 15) is 4.79 Å². The van der Waals surface area contributed by atoms with Crippen LogP contribution in [0, 0.1) is 13.8 Å². The van der Waals surface area contributed by atoms with Gasteiger partial charge in [0.05, 0.1) is 10.7 Å². The highest BCUT2D eigenvalue weighted by molar-refractivity contribution is 7.09. The average Bonchev–Trinajstić information content (AvgIpc) is 3.08. The summed E-state index contributed by atoms with van der Waals surface area (Å²) in [6.45, 7) is 3.79. The molecule has 0 radical (unpaired) electrons. The maximum absolute atomic E-state index is 12.0. The topological polar surface area (TPSA) is 55.1 Å². The molecule has 106 valence electrons. The highest BCUT2D eigenvalue weighted by atomic mass is 32.1. The lowest BCUT2D eigenvalue weighted by atomic mass is 10.1. The van der Waals surface area contributed by atoms with Crippen LogP contribution in [0.3, 0.4) is 0 Å². The van der Waals surface area contributed by atoms with Crippen molar-refractivity contribution < 1.29 is 9.21 Å². The van der Waals surface area contributed by atoms with Gasteiger partial charge in [0.25, 0.3) is 5.91 Å². The molecule has 3 aromatic rings. The molecule has 1 amide bonds. The zero-order valence-corrected chi connectivity index (χ0v) is 12.5. The van der Waals surface area contributed by atoms with Gasteiger partial charge in [-0.2, -0.15) is 0 Å². The van der Waals surface area contributed by atoms with Crippen molar-refractivity contribution in [3.63, 3.8) is 0 Å². The first-order valence-electron chi connectivity index (χ1n) is 6.52. The molecule has 3 rings (SSSR count). The van der Waals surface area contributed by atoms with Crippen LogP contribution in [0.4, 0.5) is 5.69 Å². The van der Waals surface area contributed by atoms with Crippen LogP contribution in [0.2, 0.25) is 0 Å². The Labute approximate surface area is 126 Å². The Balaban J connectivity index is 1.74. The molecule has 0 atom stereocenters. The van der Waals surface area contributed by atoms with E-state index in [2.05, 4.69) is 10.3 Å². The number of carbonyl (C=O) groups excluding carboxylic acids is 1. The van der Waals surface area contributed by atoms with Crippen molar-refractivity contribution in [2.75, 3.05) is 5.32 Å². The van der Waals surface area contributed by atoms with Gasteiger partial charge in [0, 0.05) is 16.6 Å². The summed E-state index contributed by atoms with van der Waals surface area (Å²) in [5.74, 6) is 0.779. The number of aromatic nitrogens is 1. The summed E-state index contributed by atoms with van der Waals surface area (Å²) in [6, 6.07) is 11.0. The second-order valence-electron chi connectivity index (χ2n) is 4.69. The van der Waals surface area contributed by atoms with Crippen molar-refractivity contribution in [3.8, 4) is 11.3 Å². The second-order valence-corrected chi connectivity index (χ2v) is 5.76. The minimum atomic E-state index is -0.250. The van der Waals surface area contributed by atoms with Crippen LogP contribution in [0.1, 0.15) is 21.3 Å². The van der Waals surface area contributed by atoms with Crippen molar-refractivity contribution in [1.29, 1.82) is 0 Å². The van der Waals surface area contributed by atoms with Gasteiger partial charge in [-0.25, -0.2) is 4.98 Å². The summed E-state index contributed by atoms with van der Waals surface area (Å²) in [4.78, 5) is 16.4. The largest absolute Gasteiger partial charge is 0.456 e. The van der Waals surface area contributed by atoms with Gasteiger partial charge in [-0.3, -0.25) is 4.79 Å². The lowest BCUT2D eigenvalue weighted by Crippen LogP contribution is -2.10. The van der Waals surface area contributed by atoms with Crippen molar-refractivity contribution in [2.24, 2.45) is 0 Å². The van der Waals surface area contributed by atoms with E-state index < -0.39 is 0 Å². The number of hydrogen-bond donors (Lipinski definition) is 1. The number of nitrogens with one attached hydrogen (secondary N) is 1. The van der Waals surface area contributed by atoms with Crippen LogP contribution in [0.25, 0.3) is 11.3 Å². The third-order valence-electron chi connectivity index (χ3n) is 3.02. The fraction of sp³-hybridized carbons (Fsp3) is 0.125. The summed E-state index contributed by atoms with van der Waals surface area (Å²) < 4.78 is 5.29. The molecule has 0 spiro atoms. The van der Waals surface area contributed by atoms with Gasteiger partial charge in [0.1, 0.15) is 5.76 Å². The molecule has 0 saturated carbocycles. The number of furan rings is 1. The summed E-state index contributed by atoms with van der Waals surface area (Å²) in [5, 5.41) is 5.86. The lowest BCUT2D eigenvalue weighted by molar-refractivity contribution is 0.0995. The number of nitrogens with zero attached hydrogens (tertiary/aromatic N) is 1. The standard InChI is InChI=1S/C16H14N2O2S/c1-10-3-8-15(20-10)16(19)18-13-6-4-12(5-7-13)14-9-21-11(2)17-14/h3-9H,1-2H3,(H,18,19). The van der Waals surface area contributed by atoms with E-state index in [0.29, 0.717) is 5.76 Å². The molecule has 0 aliphatic rings. The molecular weight excluding hydrogens is 284 g/mol. The predicted octanol–water partition coefficient (Wildman–Crippen LogP) is 4.27. The fourth-order valence-corrected chi connectivity index (χ4v) is 2.59. The minimum absolute atomic E-state index is 0.250. The van der Waals surface area contributed by atoms with Crippen LogP contribution in [-0.4, -0.2) is 10.9 Å². The Hall–Kier alpha value is -2.40. The molecule has 0 saturated heterocycles. The Morgan fingerprint density at radius 3 is 2.48 bits per heavy atom. The molecule has 1 aromatic carbocycles. The number of aryl methyl sites for hydroxylation is 2. The first-order chi connectivity index (χ1) is 10.1. The molecule has 0 fully saturated rings. The van der Waals surface area contributed by atoms with E-state index in [1.165, 1.54) is 0 Å². The predicted molar refractivity (Wildman–Crippen MR) is 83.7 cm³/mol. The molecule has 21 heavy (non-hydrogen) atoms. The Kier molecular flexibility index (Phi) is 3.58. The quantitative estimate of drug-likeness (QED) is 0.785. The molecular formula is C16H14N2O2S. The van der Waals surface area contributed by atoms with Gasteiger partial charge in [0.15, 0.2) is 5.76 Å². The molecule has 0 unspecified atom stereocenters. The monoisotopic (exact) mass is 298 g/mol. The summed E-state index contributed by atoms with van der Waals surface area (Å²) >= 11 is 1.62. The van der Waals surface area contributed by atoms with Crippen molar-refractivity contribution in [2.45, 2.75) is 13.8 Å². The smallest absolute Gasteiger partial charge is 0.291 e. The van der Waals surface area contributed by atoms with Gasteiger partial charge in [-0.1, -0.05) is 12.1 Å². The number of amides is 1. The van der Waals surface area contributed by atoms with Crippen LogP contribution in [-0.2, 0) is 0 Å². The van der Waals surface area contributed by atoms with Crippen LogP contribution in [0.5, 0.6) is 0 Å². The number of anilines is 1. The maximum atomic E-state index is 12.0. The zero-order valence-electron chi connectivity index (χ0n) is 11.7. The molecule has 0 aliphatic heterocycles.